The molecule has 0 spiro atoms. The molecule has 82 valence electrons. The molecule has 14 heavy (non-hydrogen) atoms. The molecule has 1 saturated heterocycles. The van der Waals surface area contributed by atoms with Gasteiger partial charge in [-0.05, 0) is 19.8 Å². The van der Waals surface area contributed by atoms with E-state index in [1.807, 2.05) is 0 Å². The lowest BCUT2D eigenvalue weighted by Crippen LogP contribution is -2.22. The first kappa shape index (κ1) is 11.5. The van der Waals surface area contributed by atoms with Crippen LogP contribution < -0.4 is 0 Å². The van der Waals surface area contributed by atoms with E-state index in [1.165, 1.54) is 7.11 Å². The van der Waals surface area contributed by atoms with Crippen LogP contribution in [-0.4, -0.2) is 39.0 Å². The molecular formula is C10H18O4. The Bertz CT molecular complexity index is 175. The number of hydrogen-bond donors (Lipinski definition) is 0. The molecule has 1 rings (SSSR count). The molecule has 2 unspecified atom stereocenters. The molecule has 0 N–H and O–H groups in total. The van der Waals surface area contributed by atoms with E-state index in [-0.39, 0.29) is 18.0 Å². The maximum absolute atomic E-state index is 11.0. The highest BCUT2D eigenvalue weighted by Crippen LogP contribution is 2.12. The number of carbonyl (C=O) groups excluding carboxylic acids is 1. The molecule has 0 aliphatic carbocycles. The van der Waals surface area contributed by atoms with Crippen LogP contribution in [0.3, 0.4) is 0 Å². The minimum absolute atomic E-state index is 0.193. The summed E-state index contributed by atoms with van der Waals surface area (Å²) < 4.78 is 15.3. The Morgan fingerprint density at radius 3 is 3.00 bits per heavy atom. The van der Waals surface area contributed by atoms with Crippen molar-refractivity contribution in [3.63, 3.8) is 0 Å². The van der Waals surface area contributed by atoms with Crippen LogP contribution in [0.15, 0.2) is 0 Å². The lowest BCUT2D eigenvalue weighted by molar-refractivity contribution is -0.147. The molecular weight excluding hydrogens is 184 g/mol. The summed E-state index contributed by atoms with van der Waals surface area (Å²) in [5, 5.41) is 0. The zero-order chi connectivity index (χ0) is 10.4. The molecule has 1 fully saturated rings. The zero-order valence-corrected chi connectivity index (χ0v) is 8.82. The minimum atomic E-state index is -0.225. The molecule has 4 heteroatoms. The largest absolute Gasteiger partial charge is 0.469 e. The van der Waals surface area contributed by atoms with Crippen molar-refractivity contribution in [2.24, 2.45) is 5.92 Å². The highest BCUT2D eigenvalue weighted by Gasteiger charge is 2.17. The van der Waals surface area contributed by atoms with E-state index in [2.05, 4.69) is 4.74 Å². The van der Waals surface area contributed by atoms with Gasteiger partial charge in [0.15, 0.2) is 0 Å². The number of carbonyl (C=O) groups is 1. The minimum Gasteiger partial charge on any atom is -0.469 e. The molecule has 0 aromatic heterocycles. The maximum Gasteiger partial charge on any atom is 0.310 e. The first-order chi connectivity index (χ1) is 6.74. The third-order valence-electron chi connectivity index (χ3n) is 2.30. The zero-order valence-electron chi connectivity index (χ0n) is 8.82. The predicted molar refractivity (Wildman–Crippen MR) is 51.0 cm³/mol. The Kier molecular flexibility index (Phi) is 4.90. The number of methoxy groups -OCH3 is 1. The van der Waals surface area contributed by atoms with Gasteiger partial charge in [0.2, 0.25) is 0 Å². The smallest absolute Gasteiger partial charge is 0.310 e. The van der Waals surface area contributed by atoms with E-state index in [4.69, 9.17) is 9.47 Å². The molecule has 1 aliphatic rings. The van der Waals surface area contributed by atoms with Crippen molar-refractivity contribution in [1.82, 2.24) is 0 Å². The Balaban J connectivity index is 2.05. The molecule has 0 aromatic carbocycles. The van der Waals surface area contributed by atoms with Gasteiger partial charge in [-0.2, -0.15) is 0 Å². The van der Waals surface area contributed by atoms with E-state index >= 15 is 0 Å². The van der Waals surface area contributed by atoms with Gasteiger partial charge in [0, 0.05) is 6.61 Å². The Morgan fingerprint density at radius 2 is 2.43 bits per heavy atom. The van der Waals surface area contributed by atoms with Crippen molar-refractivity contribution >= 4 is 5.97 Å². The van der Waals surface area contributed by atoms with Crippen LogP contribution in [0.5, 0.6) is 0 Å². The lowest BCUT2D eigenvalue weighted by Gasteiger charge is -2.12. The van der Waals surface area contributed by atoms with Crippen LogP contribution in [0.25, 0.3) is 0 Å². The summed E-state index contributed by atoms with van der Waals surface area (Å²) in [7, 11) is 1.39. The highest BCUT2D eigenvalue weighted by atomic mass is 16.5. The topological polar surface area (TPSA) is 44.8 Å². The molecule has 0 aromatic rings. The molecule has 0 radical (unpaired) electrons. The van der Waals surface area contributed by atoms with Crippen LogP contribution in [0.2, 0.25) is 0 Å². The van der Waals surface area contributed by atoms with Crippen LogP contribution in [0, 0.1) is 5.92 Å². The lowest BCUT2D eigenvalue weighted by atomic mass is 10.2. The third kappa shape index (κ3) is 3.64. The van der Waals surface area contributed by atoms with Gasteiger partial charge in [-0.25, -0.2) is 0 Å². The maximum atomic E-state index is 11.0. The van der Waals surface area contributed by atoms with Crippen molar-refractivity contribution in [2.75, 3.05) is 26.9 Å². The van der Waals surface area contributed by atoms with Crippen LogP contribution >= 0.6 is 0 Å². The second kappa shape index (κ2) is 5.98. The van der Waals surface area contributed by atoms with Gasteiger partial charge < -0.3 is 14.2 Å². The van der Waals surface area contributed by atoms with Crippen LogP contribution in [0.4, 0.5) is 0 Å². The predicted octanol–water partition coefficient (Wildman–Crippen LogP) is 0.991. The fourth-order valence-corrected chi connectivity index (χ4v) is 1.42. The normalized spacial score (nSPS) is 23.4. The van der Waals surface area contributed by atoms with Gasteiger partial charge in [0.05, 0.1) is 32.3 Å². The number of ether oxygens (including phenoxy) is 3. The molecule has 0 amide bonds. The Labute approximate surface area is 84.5 Å². The quantitative estimate of drug-likeness (QED) is 0.624. The summed E-state index contributed by atoms with van der Waals surface area (Å²) in [4.78, 5) is 11.0. The molecule has 2 atom stereocenters. The fraction of sp³-hybridized carbons (Fsp3) is 0.900. The average Bonchev–Trinajstić information content (AvgIpc) is 2.69. The number of esters is 1. The molecule has 1 heterocycles. The van der Waals surface area contributed by atoms with Crippen molar-refractivity contribution in [1.29, 1.82) is 0 Å². The molecule has 0 bridgehead atoms. The van der Waals surface area contributed by atoms with E-state index < -0.39 is 0 Å². The Hall–Kier alpha value is -0.610. The third-order valence-corrected chi connectivity index (χ3v) is 2.30. The van der Waals surface area contributed by atoms with Gasteiger partial charge in [-0.3, -0.25) is 4.79 Å². The number of hydrogen-bond acceptors (Lipinski definition) is 4. The van der Waals surface area contributed by atoms with Crippen LogP contribution in [-0.2, 0) is 19.0 Å². The van der Waals surface area contributed by atoms with Gasteiger partial charge in [0.25, 0.3) is 0 Å². The summed E-state index contributed by atoms with van der Waals surface area (Å²) in [5.41, 5.74) is 0. The fourth-order valence-electron chi connectivity index (χ4n) is 1.42. The van der Waals surface area contributed by atoms with Crippen molar-refractivity contribution in [2.45, 2.75) is 25.9 Å². The standard InChI is InChI=1S/C10H18O4/c1-8(10(11)12-2)6-13-7-9-4-3-5-14-9/h8-9H,3-7H2,1-2H3. The summed E-state index contributed by atoms with van der Waals surface area (Å²) in [6, 6.07) is 0. The summed E-state index contributed by atoms with van der Waals surface area (Å²) in [6.45, 7) is 3.62. The summed E-state index contributed by atoms with van der Waals surface area (Å²) in [5.74, 6) is -0.418. The van der Waals surface area contributed by atoms with Gasteiger partial charge in [0.1, 0.15) is 0 Å². The van der Waals surface area contributed by atoms with E-state index in [0.717, 1.165) is 19.4 Å². The van der Waals surface area contributed by atoms with E-state index in [1.54, 1.807) is 6.92 Å². The van der Waals surface area contributed by atoms with Gasteiger partial charge in [-0.1, -0.05) is 0 Å². The summed E-state index contributed by atoms with van der Waals surface area (Å²) in [6.07, 6.45) is 2.40. The first-order valence-corrected chi connectivity index (χ1v) is 5.01. The van der Waals surface area contributed by atoms with Crippen molar-refractivity contribution < 1.29 is 19.0 Å². The van der Waals surface area contributed by atoms with Crippen molar-refractivity contribution in [3.8, 4) is 0 Å². The highest BCUT2D eigenvalue weighted by molar-refractivity contribution is 5.71. The average molecular weight is 202 g/mol. The first-order valence-electron chi connectivity index (χ1n) is 5.01. The molecule has 0 saturated carbocycles. The van der Waals surface area contributed by atoms with Gasteiger partial charge >= 0.3 is 5.97 Å². The monoisotopic (exact) mass is 202 g/mol. The molecule has 4 nitrogen and oxygen atoms in total. The Morgan fingerprint density at radius 1 is 1.64 bits per heavy atom. The summed E-state index contributed by atoms with van der Waals surface area (Å²) >= 11 is 0. The van der Waals surface area contributed by atoms with E-state index in [9.17, 15) is 4.79 Å². The van der Waals surface area contributed by atoms with Crippen LogP contribution in [0.1, 0.15) is 19.8 Å². The number of rotatable bonds is 5. The van der Waals surface area contributed by atoms with Crippen molar-refractivity contribution in [3.05, 3.63) is 0 Å². The SMILES string of the molecule is COC(=O)C(C)COCC1CCCO1. The van der Waals surface area contributed by atoms with Gasteiger partial charge in [-0.15, -0.1) is 0 Å². The van der Waals surface area contributed by atoms with E-state index in [0.29, 0.717) is 13.2 Å². The second-order valence-electron chi connectivity index (χ2n) is 3.60. The second-order valence-corrected chi connectivity index (χ2v) is 3.60. The molecule has 1 aliphatic heterocycles.